The Bertz CT molecular complexity index is 3110. The van der Waals surface area contributed by atoms with E-state index in [1.54, 1.807) is 61.2 Å². The lowest BCUT2D eigenvalue weighted by atomic mass is 9.85. The van der Waals surface area contributed by atoms with E-state index < -0.39 is 0 Å². The van der Waals surface area contributed by atoms with Crippen LogP contribution in [-0.2, 0) is 38.8 Å². The van der Waals surface area contributed by atoms with Gasteiger partial charge in [0, 0.05) is 90.2 Å². The molecule has 5 aromatic carbocycles. The summed E-state index contributed by atoms with van der Waals surface area (Å²) in [6, 6.07) is 0. The second-order valence-electron chi connectivity index (χ2n) is 27.3. The fraction of sp³-hybridized carbons (Fsp3) is 0.605. The van der Waals surface area contributed by atoms with Crippen LogP contribution in [0.2, 0.25) is 0 Å². The minimum absolute atomic E-state index is 0. The molecule has 0 aromatic heterocycles. The van der Waals surface area contributed by atoms with Crippen molar-refractivity contribution in [2.45, 2.75) is 249 Å². The Balaban J connectivity index is 0.000000185. The SMILES string of the molecule is C.Cc1c(C)c(C(C)C)c(C)c2c1CCN2C.Cc1c(C)c(C(C)C)c2c(c1C)N(C)CC2.Cc1c(C)c2c(c(C(C)C)c1C)CN(C)C2.Cc1c(C)c2c(c(C(C)C)c1C)N(C)CC2.Cc1c(C)c2c(c(C)c1C(C)C)CCN2C. The van der Waals surface area contributed by atoms with Gasteiger partial charge in [0.1, 0.15) is 0 Å². The summed E-state index contributed by atoms with van der Waals surface area (Å²) in [4.78, 5) is 12.1. The first kappa shape index (κ1) is 67.1. The molecule has 5 heteroatoms. The van der Waals surface area contributed by atoms with Crippen molar-refractivity contribution in [3.05, 3.63) is 145 Å². The van der Waals surface area contributed by atoms with Crippen LogP contribution in [0.15, 0.2) is 0 Å². The first-order chi connectivity index (χ1) is 37.2. The zero-order chi connectivity index (χ0) is 60.2. The molecule has 5 aliphatic heterocycles. The van der Waals surface area contributed by atoms with Crippen LogP contribution in [0.5, 0.6) is 0 Å². The summed E-state index contributed by atoms with van der Waals surface area (Å²) in [5.74, 6) is 3.15. The van der Waals surface area contributed by atoms with Gasteiger partial charge in [-0.3, -0.25) is 4.90 Å². The maximum atomic E-state index is 2.43. The molecular formula is C76H119N5. The van der Waals surface area contributed by atoms with Gasteiger partial charge in [-0.15, -0.1) is 0 Å². The summed E-state index contributed by atoms with van der Waals surface area (Å²) in [6.45, 7) is 64.3. The fourth-order valence-electron chi connectivity index (χ4n) is 16.0. The minimum Gasteiger partial charge on any atom is -0.374 e. The molecule has 5 nitrogen and oxygen atoms in total. The van der Waals surface area contributed by atoms with Gasteiger partial charge < -0.3 is 19.6 Å². The van der Waals surface area contributed by atoms with E-state index in [1.165, 1.54) is 158 Å². The molecule has 5 aromatic rings. The number of likely N-dealkylation sites (N-methyl/N-ethyl adjacent to an activating group) is 4. The molecule has 0 bridgehead atoms. The Morgan fingerprint density at radius 3 is 0.938 bits per heavy atom. The molecule has 0 N–H and O–H groups in total. The first-order valence-corrected chi connectivity index (χ1v) is 31.4. The molecular weight excluding hydrogens is 983 g/mol. The van der Waals surface area contributed by atoms with Crippen LogP contribution in [0.3, 0.4) is 0 Å². The molecule has 0 saturated heterocycles. The number of hydrogen-bond donors (Lipinski definition) is 0. The summed E-state index contributed by atoms with van der Waals surface area (Å²) in [7, 11) is 11.1. The second kappa shape index (κ2) is 26.5. The monoisotopic (exact) mass is 1100 g/mol. The van der Waals surface area contributed by atoms with E-state index >= 15 is 0 Å². The molecule has 0 fully saturated rings. The predicted molar refractivity (Wildman–Crippen MR) is 364 cm³/mol. The molecule has 0 radical (unpaired) electrons. The smallest absolute Gasteiger partial charge is 0.0437 e. The highest BCUT2D eigenvalue weighted by Crippen LogP contribution is 2.45. The summed E-state index contributed by atoms with van der Waals surface area (Å²) >= 11 is 0. The molecule has 81 heavy (non-hydrogen) atoms. The van der Waals surface area contributed by atoms with Crippen molar-refractivity contribution in [1.29, 1.82) is 0 Å². The predicted octanol–water partition coefficient (Wildman–Crippen LogP) is 19.2. The van der Waals surface area contributed by atoms with Gasteiger partial charge >= 0.3 is 0 Å². The van der Waals surface area contributed by atoms with Gasteiger partial charge in [0.15, 0.2) is 0 Å². The normalized spacial score (nSPS) is 14.9. The van der Waals surface area contributed by atoms with Gasteiger partial charge in [-0.25, -0.2) is 0 Å². The Hall–Kier alpha value is -4.74. The van der Waals surface area contributed by atoms with Crippen molar-refractivity contribution >= 4 is 22.7 Å². The van der Waals surface area contributed by atoms with Gasteiger partial charge in [-0.2, -0.15) is 0 Å². The Labute approximate surface area is 499 Å². The molecule has 0 unspecified atom stereocenters. The third kappa shape index (κ3) is 12.6. The van der Waals surface area contributed by atoms with Crippen molar-refractivity contribution < 1.29 is 0 Å². The highest BCUT2D eigenvalue weighted by atomic mass is 15.1. The van der Waals surface area contributed by atoms with Crippen molar-refractivity contribution in [3.63, 3.8) is 0 Å². The van der Waals surface area contributed by atoms with Gasteiger partial charge in [0.25, 0.3) is 0 Å². The molecule has 5 aliphatic rings. The lowest BCUT2D eigenvalue weighted by Gasteiger charge is -2.24. The van der Waals surface area contributed by atoms with Crippen molar-refractivity contribution in [3.8, 4) is 0 Å². The summed E-state index contributed by atoms with van der Waals surface area (Å²) in [5.41, 5.74) is 46.1. The molecule has 5 heterocycles. The van der Waals surface area contributed by atoms with E-state index in [0.29, 0.717) is 29.6 Å². The van der Waals surface area contributed by atoms with Crippen molar-refractivity contribution in [1.82, 2.24) is 4.90 Å². The molecule has 0 amide bonds. The number of nitrogens with zero attached hydrogens (tertiary/aromatic N) is 5. The number of anilines is 4. The minimum atomic E-state index is 0. The highest BCUT2D eigenvalue weighted by Gasteiger charge is 2.30. The van der Waals surface area contributed by atoms with E-state index in [4.69, 9.17) is 0 Å². The largest absolute Gasteiger partial charge is 0.374 e. The highest BCUT2D eigenvalue weighted by molar-refractivity contribution is 5.73. The number of rotatable bonds is 5. The zero-order valence-electron chi connectivity index (χ0n) is 57.2. The second-order valence-corrected chi connectivity index (χ2v) is 27.3. The van der Waals surface area contributed by atoms with Crippen LogP contribution >= 0.6 is 0 Å². The van der Waals surface area contributed by atoms with Gasteiger partial charge in [-0.05, 0) is 311 Å². The maximum Gasteiger partial charge on any atom is 0.0437 e. The standard InChI is InChI=1S/5C15H23N.CH4/c1-9(2)15-12(5)10(3)11(4)13-7-16(6)8-14(13)15;1-9(2)14-10(3)11(4)15-13(12(14)5)7-8-16(15)6;1-9(2)14-11(4)10(3)13-7-8-16(6)15(13)12(14)5;1-9(2)14-11(4)10(3)12(5)15-13(14)7-8-16(15)6;1-9(2)14-12(5)10(3)11(4)13-7-8-16(6)15(13)14;/h5*9H,7-8H2,1-6H3;1H4. The Morgan fingerprint density at radius 1 is 0.235 bits per heavy atom. The summed E-state index contributed by atoms with van der Waals surface area (Å²) < 4.78 is 0. The van der Waals surface area contributed by atoms with E-state index in [9.17, 15) is 0 Å². The number of fused-ring (bicyclic) bond motifs is 5. The van der Waals surface area contributed by atoms with Crippen LogP contribution in [0.1, 0.15) is 251 Å². The van der Waals surface area contributed by atoms with Crippen LogP contribution in [0.25, 0.3) is 0 Å². The molecule has 0 spiro atoms. The van der Waals surface area contributed by atoms with Crippen LogP contribution < -0.4 is 19.6 Å². The Morgan fingerprint density at radius 2 is 0.494 bits per heavy atom. The summed E-state index contributed by atoms with van der Waals surface area (Å²) in [5, 5.41) is 0. The lowest BCUT2D eigenvalue weighted by molar-refractivity contribution is 0.352. The van der Waals surface area contributed by atoms with E-state index in [2.05, 4.69) is 233 Å². The molecule has 0 atom stereocenters. The topological polar surface area (TPSA) is 16.2 Å². The molecule has 10 rings (SSSR count). The van der Waals surface area contributed by atoms with Gasteiger partial charge in [0.2, 0.25) is 0 Å². The van der Waals surface area contributed by atoms with Gasteiger partial charge in [-0.1, -0.05) is 76.7 Å². The maximum absolute atomic E-state index is 2.43. The quantitative estimate of drug-likeness (QED) is 0.174. The molecule has 448 valence electrons. The fourth-order valence-corrected chi connectivity index (χ4v) is 16.0. The summed E-state index contributed by atoms with van der Waals surface area (Å²) in [6.07, 6.45) is 4.88. The average Bonchev–Trinajstić information content (AvgIpc) is 4.23. The lowest BCUT2D eigenvalue weighted by Crippen LogP contribution is -2.15. The average molecular weight is 1100 g/mol. The third-order valence-electron chi connectivity index (χ3n) is 20.7. The molecule has 0 aliphatic carbocycles. The van der Waals surface area contributed by atoms with Gasteiger partial charge in [0.05, 0.1) is 0 Å². The van der Waals surface area contributed by atoms with E-state index in [0.717, 1.165) is 13.1 Å². The third-order valence-corrected chi connectivity index (χ3v) is 20.7. The van der Waals surface area contributed by atoms with Crippen molar-refractivity contribution in [2.75, 3.05) is 81.0 Å². The van der Waals surface area contributed by atoms with E-state index in [1.807, 2.05) is 0 Å². The van der Waals surface area contributed by atoms with Crippen molar-refractivity contribution in [2.24, 2.45) is 0 Å². The molecule has 0 saturated carbocycles. The van der Waals surface area contributed by atoms with Crippen LogP contribution in [0, 0.1) is 104 Å². The van der Waals surface area contributed by atoms with E-state index in [-0.39, 0.29) is 7.43 Å². The first-order valence-electron chi connectivity index (χ1n) is 31.4. The number of benzene rings is 5. The number of hydrogen-bond acceptors (Lipinski definition) is 5. The zero-order valence-corrected chi connectivity index (χ0v) is 57.2. The van der Waals surface area contributed by atoms with Crippen LogP contribution in [0.4, 0.5) is 22.7 Å². The Kier molecular flexibility index (Phi) is 21.9. The van der Waals surface area contributed by atoms with Crippen LogP contribution in [-0.4, -0.2) is 66.3 Å².